The first-order valence-corrected chi connectivity index (χ1v) is 10.3. The van der Waals surface area contributed by atoms with Crippen molar-refractivity contribution in [3.63, 3.8) is 0 Å². The summed E-state index contributed by atoms with van der Waals surface area (Å²) in [5.41, 5.74) is 7.45. The minimum absolute atomic E-state index is 1.19. The molecule has 0 saturated heterocycles. The van der Waals surface area contributed by atoms with Crippen molar-refractivity contribution in [2.45, 2.75) is 0 Å². The lowest BCUT2D eigenvalue weighted by atomic mass is 10.1. The zero-order chi connectivity index (χ0) is 20.4. The monoisotopic (exact) mass is 389 g/mol. The third-order valence-corrected chi connectivity index (χ3v) is 6.57. The molecule has 0 radical (unpaired) electrons. The summed E-state index contributed by atoms with van der Waals surface area (Å²) in [6, 6.07) is 30.8. The summed E-state index contributed by atoms with van der Waals surface area (Å²) < 4.78 is 4.55. The number of anilines is 2. The third-order valence-electron chi connectivity index (χ3n) is 6.57. The van der Waals surface area contributed by atoms with Gasteiger partial charge < -0.3 is 14.0 Å². The molecule has 3 nitrogen and oxygen atoms in total. The molecule has 0 aliphatic rings. The fourth-order valence-electron chi connectivity index (χ4n) is 4.88. The molecule has 0 aliphatic heterocycles. The summed E-state index contributed by atoms with van der Waals surface area (Å²) in [5.74, 6) is 0. The van der Waals surface area contributed by atoms with Crippen LogP contribution in [0.2, 0.25) is 0 Å². The van der Waals surface area contributed by atoms with Crippen molar-refractivity contribution < 1.29 is 0 Å². The van der Waals surface area contributed by atoms with E-state index >= 15 is 0 Å². The van der Waals surface area contributed by atoms with Gasteiger partial charge in [0.2, 0.25) is 0 Å². The molecule has 0 spiro atoms. The van der Waals surface area contributed by atoms with Crippen LogP contribution in [0.25, 0.3) is 43.6 Å². The highest BCUT2D eigenvalue weighted by atomic mass is 15.1. The number of aromatic nitrogens is 2. The van der Waals surface area contributed by atoms with Crippen LogP contribution in [-0.4, -0.2) is 16.2 Å². The first-order valence-electron chi connectivity index (χ1n) is 10.3. The predicted molar refractivity (Wildman–Crippen MR) is 129 cm³/mol. The van der Waals surface area contributed by atoms with Crippen LogP contribution < -0.4 is 4.90 Å². The van der Waals surface area contributed by atoms with E-state index in [-0.39, 0.29) is 0 Å². The Labute approximate surface area is 175 Å². The van der Waals surface area contributed by atoms with Crippen LogP contribution in [0.15, 0.2) is 84.9 Å². The van der Waals surface area contributed by atoms with Gasteiger partial charge in [0, 0.05) is 76.1 Å². The number of aryl methyl sites for hydroxylation is 2. The van der Waals surface area contributed by atoms with Crippen LogP contribution in [0.1, 0.15) is 0 Å². The van der Waals surface area contributed by atoms with E-state index < -0.39 is 0 Å². The van der Waals surface area contributed by atoms with Crippen molar-refractivity contribution >= 4 is 55.0 Å². The Morgan fingerprint density at radius 1 is 0.500 bits per heavy atom. The molecular formula is C27H23N3. The fourth-order valence-corrected chi connectivity index (χ4v) is 4.88. The maximum atomic E-state index is 2.31. The molecule has 2 aromatic heterocycles. The Kier molecular flexibility index (Phi) is 3.51. The second-order valence-electron chi connectivity index (χ2n) is 8.11. The van der Waals surface area contributed by atoms with E-state index in [0.29, 0.717) is 0 Å². The van der Waals surface area contributed by atoms with Crippen LogP contribution in [0.4, 0.5) is 11.4 Å². The zero-order valence-electron chi connectivity index (χ0n) is 17.4. The van der Waals surface area contributed by atoms with E-state index in [1.165, 1.54) is 55.0 Å². The summed E-state index contributed by atoms with van der Waals surface area (Å²) in [7, 11) is 6.43. The van der Waals surface area contributed by atoms with Crippen LogP contribution in [-0.2, 0) is 14.1 Å². The van der Waals surface area contributed by atoms with Gasteiger partial charge in [0.25, 0.3) is 0 Å². The number of nitrogens with zero attached hydrogens (tertiary/aromatic N) is 3. The molecular weight excluding hydrogens is 366 g/mol. The molecule has 0 unspecified atom stereocenters. The zero-order valence-corrected chi connectivity index (χ0v) is 17.4. The van der Waals surface area contributed by atoms with E-state index in [1.54, 1.807) is 0 Å². The molecule has 0 aliphatic carbocycles. The lowest BCUT2D eigenvalue weighted by Crippen LogP contribution is -2.09. The molecule has 30 heavy (non-hydrogen) atoms. The average molecular weight is 390 g/mol. The molecule has 0 saturated carbocycles. The summed E-state index contributed by atoms with van der Waals surface area (Å²) >= 11 is 0. The Hall–Kier alpha value is -3.72. The van der Waals surface area contributed by atoms with Gasteiger partial charge in [0.15, 0.2) is 0 Å². The third kappa shape index (κ3) is 2.26. The molecule has 0 fully saturated rings. The Morgan fingerprint density at radius 2 is 0.900 bits per heavy atom. The number of rotatable bonds is 2. The van der Waals surface area contributed by atoms with E-state index in [4.69, 9.17) is 0 Å². The Balaban J connectivity index is 1.53. The molecule has 146 valence electrons. The topological polar surface area (TPSA) is 13.1 Å². The highest BCUT2D eigenvalue weighted by Gasteiger charge is 2.13. The summed E-state index contributed by atoms with van der Waals surface area (Å²) in [6.45, 7) is 0. The van der Waals surface area contributed by atoms with E-state index in [0.717, 1.165) is 0 Å². The minimum atomic E-state index is 1.19. The first-order chi connectivity index (χ1) is 14.6. The highest BCUT2D eigenvalue weighted by Crippen LogP contribution is 2.35. The molecule has 2 heterocycles. The van der Waals surface area contributed by atoms with Crippen LogP contribution in [0, 0.1) is 0 Å². The summed E-state index contributed by atoms with van der Waals surface area (Å²) in [5, 5.41) is 5.19. The van der Waals surface area contributed by atoms with E-state index in [2.05, 4.69) is 120 Å². The molecule has 3 heteroatoms. The van der Waals surface area contributed by atoms with Gasteiger partial charge in [-0.2, -0.15) is 0 Å². The molecule has 6 aromatic rings. The quantitative estimate of drug-likeness (QED) is 0.319. The number of hydrogen-bond acceptors (Lipinski definition) is 1. The molecule has 0 N–H and O–H groups in total. The number of fused-ring (bicyclic) bond motifs is 6. The molecule has 0 bridgehead atoms. The van der Waals surface area contributed by atoms with Crippen molar-refractivity contribution in [2.75, 3.05) is 11.9 Å². The van der Waals surface area contributed by atoms with Crippen LogP contribution >= 0.6 is 0 Å². The van der Waals surface area contributed by atoms with Crippen LogP contribution in [0.5, 0.6) is 0 Å². The van der Waals surface area contributed by atoms with Gasteiger partial charge in [-0.1, -0.05) is 36.4 Å². The van der Waals surface area contributed by atoms with Gasteiger partial charge in [0.1, 0.15) is 0 Å². The van der Waals surface area contributed by atoms with Gasteiger partial charge in [0.05, 0.1) is 0 Å². The van der Waals surface area contributed by atoms with Crippen LogP contribution in [0.3, 0.4) is 0 Å². The summed E-state index contributed by atoms with van der Waals surface area (Å²) in [6.07, 6.45) is 0. The predicted octanol–water partition coefficient (Wildman–Crippen LogP) is 6.74. The highest BCUT2D eigenvalue weighted by molar-refractivity contribution is 6.10. The minimum Gasteiger partial charge on any atom is -0.345 e. The molecule has 0 atom stereocenters. The van der Waals surface area contributed by atoms with E-state index in [1.807, 2.05) is 0 Å². The van der Waals surface area contributed by atoms with Gasteiger partial charge >= 0.3 is 0 Å². The molecule has 4 aromatic carbocycles. The van der Waals surface area contributed by atoms with Crippen molar-refractivity contribution in [1.82, 2.24) is 9.13 Å². The standard InChI is InChI=1S/C27H23N3/c1-28(18-12-14-26-22(16-18)20-8-4-6-10-24(20)29(26)2)19-13-15-27-23(17-19)21-9-5-7-11-25(21)30(27)3/h4-17H,1-3H3. The van der Waals surface area contributed by atoms with E-state index in [9.17, 15) is 0 Å². The van der Waals surface area contributed by atoms with Gasteiger partial charge in [-0.3, -0.25) is 0 Å². The Bertz CT molecular complexity index is 1460. The second kappa shape index (κ2) is 6.14. The SMILES string of the molecule is CN(c1ccc2c(c1)c1ccccc1n2C)c1ccc2c(c1)c1ccccc1n2C. The number of hydrogen-bond donors (Lipinski definition) is 0. The van der Waals surface area contributed by atoms with Gasteiger partial charge in [-0.05, 0) is 48.5 Å². The lowest BCUT2D eigenvalue weighted by Gasteiger charge is -2.20. The number of benzene rings is 4. The normalized spacial score (nSPS) is 11.8. The van der Waals surface area contributed by atoms with Crippen molar-refractivity contribution in [2.24, 2.45) is 14.1 Å². The second-order valence-corrected chi connectivity index (χ2v) is 8.11. The largest absolute Gasteiger partial charge is 0.345 e. The molecule has 6 rings (SSSR count). The molecule has 0 amide bonds. The smallest absolute Gasteiger partial charge is 0.0490 e. The maximum absolute atomic E-state index is 2.31. The van der Waals surface area contributed by atoms with Gasteiger partial charge in [-0.25, -0.2) is 0 Å². The Morgan fingerprint density at radius 3 is 1.37 bits per heavy atom. The lowest BCUT2D eigenvalue weighted by molar-refractivity contribution is 1.01. The number of para-hydroxylation sites is 2. The van der Waals surface area contributed by atoms with Crippen molar-refractivity contribution in [3.05, 3.63) is 84.9 Å². The fraction of sp³-hybridized carbons (Fsp3) is 0.111. The summed E-state index contributed by atoms with van der Waals surface area (Å²) in [4.78, 5) is 2.28. The van der Waals surface area contributed by atoms with Gasteiger partial charge in [-0.15, -0.1) is 0 Å². The first kappa shape index (κ1) is 17.2. The average Bonchev–Trinajstić information content (AvgIpc) is 3.25. The maximum Gasteiger partial charge on any atom is 0.0490 e. The van der Waals surface area contributed by atoms with Crippen molar-refractivity contribution in [1.29, 1.82) is 0 Å². The van der Waals surface area contributed by atoms with Crippen molar-refractivity contribution in [3.8, 4) is 0 Å².